The highest BCUT2D eigenvalue weighted by atomic mass is 16.5. The highest BCUT2D eigenvalue weighted by Crippen LogP contribution is 2.73. The zero-order valence-corrected chi connectivity index (χ0v) is 34.2. The number of Topliss-reactive ketones (excluding diaryl/α,β-unsaturated/α-hetero) is 1. The summed E-state index contributed by atoms with van der Waals surface area (Å²) in [6, 6.07) is 9.18. The number of ether oxygens (including phenoxy) is 1. The predicted molar refractivity (Wildman–Crippen MR) is 206 cm³/mol. The molecule has 55 heavy (non-hydrogen) atoms. The van der Waals surface area contributed by atoms with E-state index in [2.05, 4.69) is 41.5 Å². The van der Waals surface area contributed by atoms with Gasteiger partial charge in [0.2, 0.25) is 0 Å². The molecule has 302 valence electrons. The Hall–Kier alpha value is -3.53. The molecule has 10 nitrogen and oxygen atoms in total. The average molecular weight is 762 g/mol. The SMILES string of the molecule is CC(C)C1=C2C3CCC4C(CCC5C(C)(C)C(OC(=O)CC(C)(C)C(=O)O)CCC45C)C3(C)CCC2(C(O)CN(Cc2ccccc2)C(=O)C(=O)O)CC1=O. The second-order valence-electron chi connectivity index (χ2n) is 19.9. The van der Waals surface area contributed by atoms with E-state index < -0.39 is 40.7 Å². The van der Waals surface area contributed by atoms with Gasteiger partial charge in [0.05, 0.1) is 17.9 Å². The molecule has 0 aliphatic heterocycles. The minimum atomic E-state index is -1.57. The van der Waals surface area contributed by atoms with Gasteiger partial charge in [-0.3, -0.25) is 19.2 Å². The zero-order valence-electron chi connectivity index (χ0n) is 34.2. The molecule has 9 unspecified atom stereocenters. The Morgan fingerprint density at radius 3 is 2.15 bits per heavy atom. The van der Waals surface area contributed by atoms with Crippen molar-refractivity contribution in [3.8, 4) is 0 Å². The van der Waals surface area contributed by atoms with Crippen molar-refractivity contribution in [1.82, 2.24) is 4.90 Å². The van der Waals surface area contributed by atoms with Crippen molar-refractivity contribution in [3.63, 3.8) is 0 Å². The van der Waals surface area contributed by atoms with E-state index in [-0.39, 0.29) is 65.9 Å². The number of aliphatic carboxylic acids is 2. The van der Waals surface area contributed by atoms with Gasteiger partial charge >= 0.3 is 23.8 Å². The fourth-order valence-corrected chi connectivity index (χ4v) is 12.9. The van der Waals surface area contributed by atoms with E-state index in [9.17, 15) is 39.3 Å². The average Bonchev–Trinajstić information content (AvgIpc) is 3.42. The summed E-state index contributed by atoms with van der Waals surface area (Å²) in [5.41, 5.74) is 0.195. The van der Waals surface area contributed by atoms with Gasteiger partial charge in [-0.05, 0) is 117 Å². The molecule has 3 N–H and O–H groups in total. The Balaban J connectivity index is 1.28. The third-order valence-electron chi connectivity index (χ3n) is 15.8. The van der Waals surface area contributed by atoms with Crippen LogP contribution in [0.4, 0.5) is 0 Å². The minimum absolute atomic E-state index is 0.00752. The third-order valence-corrected chi connectivity index (χ3v) is 15.8. The number of rotatable bonds is 10. The van der Waals surface area contributed by atoms with Gasteiger partial charge in [-0.2, -0.15) is 0 Å². The van der Waals surface area contributed by atoms with Gasteiger partial charge in [0, 0.05) is 30.3 Å². The van der Waals surface area contributed by atoms with Crippen molar-refractivity contribution >= 4 is 29.6 Å². The van der Waals surface area contributed by atoms with E-state index >= 15 is 0 Å². The Bertz CT molecular complexity index is 1750. The summed E-state index contributed by atoms with van der Waals surface area (Å²) in [5, 5.41) is 31.7. The van der Waals surface area contributed by atoms with Crippen molar-refractivity contribution in [2.75, 3.05) is 6.54 Å². The number of carbonyl (C=O) groups is 5. The summed E-state index contributed by atoms with van der Waals surface area (Å²) < 4.78 is 6.12. The predicted octanol–water partition coefficient (Wildman–Crippen LogP) is 7.46. The number of aliphatic hydroxyl groups is 1. The molecule has 4 fully saturated rings. The van der Waals surface area contributed by atoms with Gasteiger partial charge in [-0.25, -0.2) is 4.79 Å². The largest absolute Gasteiger partial charge is 0.481 e. The first-order chi connectivity index (χ1) is 25.6. The van der Waals surface area contributed by atoms with Crippen LogP contribution < -0.4 is 0 Å². The summed E-state index contributed by atoms with van der Waals surface area (Å²) in [6.07, 6.45) is 5.54. The van der Waals surface area contributed by atoms with Crippen LogP contribution in [-0.4, -0.2) is 68.6 Å². The molecule has 0 bridgehead atoms. The number of carboxylic acid groups (broad SMARTS) is 2. The number of nitrogens with zero attached hydrogens (tertiary/aromatic N) is 1. The number of hydrogen-bond acceptors (Lipinski definition) is 7. The quantitative estimate of drug-likeness (QED) is 0.163. The lowest BCUT2D eigenvalue weighted by Crippen LogP contribution is -2.62. The van der Waals surface area contributed by atoms with E-state index in [4.69, 9.17) is 4.74 Å². The van der Waals surface area contributed by atoms with E-state index in [1.54, 1.807) is 13.8 Å². The van der Waals surface area contributed by atoms with Crippen molar-refractivity contribution in [3.05, 3.63) is 47.0 Å². The van der Waals surface area contributed by atoms with Gasteiger partial charge < -0.3 is 25.0 Å². The van der Waals surface area contributed by atoms with Crippen LogP contribution in [0, 0.1) is 56.7 Å². The van der Waals surface area contributed by atoms with Crippen LogP contribution in [0.1, 0.15) is 125 Å². The summed E-state index contributed by atoms with van der Waals surface area (Å²) in [6.45, 7) is 16.4. The van der Waals surface area contributed by atoms with Gasteiger partial charge in [0.1, 0.15) is 6.10 Å². The fraction of sp³-hybridized carbons (Fsp3) is 0.711. The molecule has 0 saturated heterocycles. The van der Waals surface area contributed by atoms with Gasteiger partial charge in [-0.1, -0.05) is 77.4 Å². The number of benzene rings is 1. The molecule has 9 atom stereocenters. The molecule has 1 amide bonds. The van der Waals surface area contributed by atoms with E-state index in [1.807, 2.05) is 30.3 Å². The summed E-state index contributed by atoms with van der Waals surface area (Å²) in [4.78, 5) is 65.2. The molecule has 1 aromatic rings. The van der Waals surface area contributed by atoms with E-state index in [0.717, 1.165) is 61.7 Å². The molecule has 0 heterocycles. The van der Waals surface area contributed by atoms with E-state index in [1.165, 1.54) is 4.90 Å². The molecular formula is C45H63NO9. The summed E-state index contributed by atoms with van der Waals surface area (Å²) in [5.74, 6) is -2.87. The topological polar surface area (TPSA) is 159 Å². The second-order valence-corrected chi connectivity index (χ2v) is 19.9. The van der Waals surface area contributed by atoms with Crippen LogP contribution in [0.3, 0.4) is 0 Å². The smallest absolute Gasteiger partial charge is 0.394 e. The number of allylic oxidation sites excluding steroid dienone is 1. The van der Waals surface area contributed by atoms with Crippen molar-refractivity contribution in [2.45, 2.75) is 138 Å². The number of amides is 1. The number of carboxylic acids is 2. The van der Waals surface area contributed by atoms with Crippen molar-refractivity contribution in [2.24, 2.45) is 56.7 Å². The lowest BCUT2D eigenvalue weighted by atomic mass is 9.37. The molecule has 4 saturated carbocycles. The zero-order chi connectivity index (χ0) is 40.5. The molecule has 6 rings (SSSR count). The minimum Gasteiger partial charge on any atom is -0.481 e. The number of carbonyl (C=O) groups excluding carboxylic acids is 3. The summed E-state index contributed by atoms with van der Waals surface area (Å²) in [7, 11) is 0. The van der Waals surface area contributed by atoms with Gasteiger partial charge in [-0.15, -0.1) is 0 Å². The number of aliphatic hydroxyl groups excluding tert-OH is 1. The lowest BCUT2D eigenvalue weighted by molar-refractivity contribution is -0.205. The first kappa shape index (κ1) is 41.1. The monoisotopic (exact) mass is 761 g/mol. The molecule has 0 spiro atoms. The highest BCUT2D eigenvalue weighted by molar-refractivity contribution is 6.31. The van der Waals surface area contributed by atoms with Crippen molar-refractivity contribution < 1.29 is 44.0 Å². The Kier molecular flexibility index (Phi) is 10.8. The standard InChI is InChI=1S/C45H63NO9/c1-26(2)36-31(47)22-45(33(48)25-46(38(50)39(51)52)24-27-12-10-9-11-13-27)21-20-43(7)28-16-17-32-42(5,6)34(55-35(49)23-41(3,4)40(53)54)18-19-44(32,8)29(28)14-15-30(43)37(36)45/h9-13,26,28-30,32-34,48H,14-25H2,1-8H3,(H,51,52)(H,53,54). The van der Waals surface area contributed by atoms with Crippen LogP contribution in [-0.2, 0) is 35.3 Å². The number of esters is 1. The van der Waals surface area contributed by atoms with Crippen molar-refractivity contribution in [1.29, 1.82) is 0 Å². The first-order valence-electron chi connectivity index (χ1n) is 20.5. The van der Waals surface area contributed by atoms with E-state index in [0.29, 0.717) is 24.2 Å². The molecule has 1 aromatic carbocycles. The third kappa shape index (κ3) is 6.86. The highest BCUT2D eigenvalue weighted by Gasteiger charge is 2.67. The first-order valence-corrected chi connectivity index (χ1v) is 20.5. The Morgan fingerprint density at radius 1 is 0.891 bits per heavy atom. The molecule has 5 aliphatic rings. The Morgan fingerprint density at radius 2 is 1.53 bits per heavy atom. The molecular weight excluding hydrogens is 698 g/mol. The maximum atomic E-state index is 14.1. The number of hydrogen-bond donors (Lipinski definition) is 3. The fourth-order valence-electron chi connectivity index (χ4n) is 12.9. The molecule has 10 heteroatoms. The van der Waals surface area contributed by atoms with Crippen LogP contribution in [0.25, 0.3) is 0 Å². The maximum absolute atomic E-state index is 14.1. The van der Waals surface area contributed by atoms with Crippen LogP contribution in [0.2, 0.25) is 0 Å². The normalized spacial score (nSPS) is 34.5. The summed E-state index contributed by atoms with van der Waals surface area (Å²) >= 11 is 0. The lowest BCUT2D eigenvalue weighted by Gasteiger charge is -2.68. The molecule has 5 aliphatic carbocycles. The van der Waals surface area contributed by atoms with Gasteiger partial charge in [0.15, 0.2) is 5.78 Å². The second kappa shape index (κ2) is 14.4. The van der Waals surface area contributed by atoms with Crippen LogP contribution in [0.15, 0.2) is 41.5 Å². The molecule has 0 aromatic heterocycles. The Labute approximate surface area is 326 Å². The molecule has 0 radical (unpaired) electrons. The van der Waals surface area contributed by atoms with Crippen LogP contribution >= 0.6 is 0 Å². The van der Waals surface area contributed by atoms with Gasteiger partial charge in [0.25, 0.3) is 0 Å². The maximum Gasteiger partial charge on any atom is 0.394 e. The number of ketones is 1. The van der Waals surface area contributed by atoms with Crippen LogP contribution in [0.5, 0.6) is 0 Å². The number of fused-ring (bicyclic) bond motifs is 7.